The average Bonchev–Trinajstić information content (AvgIpc) is 3.27. The van der Waals surface area contributed by atoms with Crippen molar-refractivity contribution in [2.45, 2.75) is 50.9 Å². The number of amides is 1. The average molecular weight is 414 g/mol. The number of ether oxygens (including phenoxy) is 2. The van der Waals surface area contributed by atoms with Gasteiger partial charge in [-0.1, -0.05) is 17.3 Å². The van der Waals surface area contributed by atoms with Gasteiger partial charge in [0, 0.05) is 45.1 Å². The molecule has 2 aliphatic heterocycles. The molecule has 0 unspecified atom stereocenters. The summed E-state index contributed by atoms with van der Waals surface area (Å²) in [5, 5.41) is 4.20. The fraction of sp³-hybridized carbons (Fsp3) is 0.609. The summed E-state index contributed by atoms with van der Waals surface area (Å²) in [6.07, 6.45) is 6.00. The van der Waals surface area contributed by atoms with Crippen LogP contribution in [0.1, 0.15) is 55.3 Å². The van der Waals surface area contributed by atoms with Crippen molar-refractivity contribution in [3.8, 4) is 5.75 Å². The number of piperidine rings is 1. The zero-order valence-corrected chi connectivity index (χ0v) is 17.7. The van der Waals surface area contributed by atoms with Gasteiger partial charge in [-0.2, -0.15) is 4.98 Å². The number of nitrogens with zero attached hydrogens (tertiary/aromatic N) is 3. The second-order valence-electron chi connectivity index (χ2n) is 8.31. The Kier molecular flexibility index (Phi) is 7.00. The summed E-state index contributed by atoms with van der Waals surface area (Å²) in [6, 6.07) is 7.93. The number of carbonyl (C=O) groups excluding carboxylic acids is 1. The molecule has 2 aliphatic rings. The zero-order valence-electron chi connectivity index (χ0n) is 17.7. The van der Waals surface area contributed by atoms with Gasteiger partial charge in [-0.3, -0.25) is 4.79 Å². The summed E-state index contributed by atoms with van der Waals surface area (Å²) in [5.74, 6) is 3.49. The van der Waals surface area contributed by atoms with Crippen molar-refractivity contribution in [3.63, 3.8) is 0 Å². The second kappa shape index (κ2) is 10.1. The Balaban J connectivity index is 1.21. The molecule has 162 valence electrons. The molecule has 2 saturated heterocycles. The Labute approximate surface area is 177 Å². The quantitative estimate of drug-likeness (QED) is 0.692. The Morgan fingerprint density at radius 1 is 1.20 bits per heavy atom. The first kappa shape index (κ1) is 20.8. The van der Waals surface area contributed by atoms with Crippen LogP contribution in [0.5, 0.6) is 5.75 Å². The third-order valence-electron chi connectivity index (χ3n) is 6.26. The highest BCUT2D eigenvalue weighted by Crippen LogP contribution is 2.26. The van der Waals surface area contributed by atoms with Crippen LogP contribution >= 0.6 is 0 Å². The van der Waals surface area contributed by atoms with Gasteiger partial charge in [-0.15, -0.1) is 0 Å². The van der Waals surface area contributed by atoms with Crippen molar-refractivity contribution in [3.05, 3.63) is 41.5 Å². The van der Waals surface area contributed by atoms with E-state index in [0.717, 1.165) is 87.9 Å². The predicted octanol–water partition coefficient (Wildman–Crippen LogP) is 3.39. The van der Waals surface area contributed by atoms with Gasteiger partial charge in [-0.25, -0.2) is 0 Å². The number of rotatable bonds is 7. The number of benzene rings is 1. The van der Waals surface area contributed by atoms with E-state index in [1.807, 2.05) is 29.2 Å². The first-order chi connectivity index (χ1) is 14.7. The van der Waals surface area contributed by atoms with E-state index in [2.05, 4.69) is 10.1 Å². The highest BCUT2D eigenvalue weighted by molar-refractivity contribution is 5.76. The summed E-state index contributed by atoms with van der Waals surface area (Å²) in [4.78, 5) is 19.2. The molecule has 30 heavy (non-hydrogen) atoms. The fourth-order valence-electron chi connectivity index (χ4n) is 4.34. The Morgan fingerprint density at radius 2 is 2.00 bits per heavy atom. The largest absolute Gasteiger partial charge is 0.497 e. The van der Waals surface area contributed by atoms with E-state index >= 15 is 0 Å². The van der Waals surface area contributed by atoms with Crippen LogP contribution in [0, 0.1) is 5.92 Å². The van der Waals surface area contributed by atoms with Gasteiger partial charge in [-0.05, 0) is 55.7 Å². The van der Waals surface area contributed by atoms with Gasteiger partial charge in [0.2, 0.25) is 11.8 Å². The molecular weight excluding hydrogens is 382 g/mol. The topological polar surface area (TPSA) is 77.7 Å². The van der Waals surface area contributed by atoms with Crippen molar-refractivity contribution < 1.29 is 18.8 Å². The number of aryl methyl sites for hydroxylation is 1. The van der Waals surface area contributed by atoms with Crippen LogP contribution in [0.4, 0.5) is 0 Å². The molecule has 0 spiro atoms. The maximum atomic E-state index is 12.6. The van der Waals surface area contributed by atoms with Crippen molar-refractivity contribution in [2.24, 2.45) is 5.92 Å². The molecule has 0 bridgehead atoms. The molecule has 1 aromatic carbocycles. The summed E-state index contributed by atoms with van der Waals surface area (Å²) < 4.78 is 16.2. The fourth-order valence-corrected chi connectivity index (χ4v) is 4.34. The monoisotopic (exact) mass is 413 g/mol. The lowest BCUT2D eigenvalue weighted by molar-refractivity contribution is -0.132. The normalized spacial score (nSPS) is 18.5. The van der Waals surface area contributed by atoms with Gasteiger partial charge in [0.1, 0.15) is 5.75 Å². The minimum atomic E-state index is 0.232. The SMILES string of the molecule is COc1cccc(CCC(=O)N2CCC(Cc3nc(C4CCOCC4)no3)CC2)c1. The molecule has 1 aromatic heterocycles. The molecule has 0 aliphatic carbocycles. The maximum Gasteiger partial charge on any atom is 0.226 e. The van der Waals surface area contributed by atoms with E-state index in [-0.39, 0.29) is 5.91 Å². The van der Waals surface area contributed by atoms with Crippen LogP contribution in [0.15, 0.2) is 28.8 Å². The molecule has 0 saturated carbocycles. The Morgan fingerprint density at radius 3 is 2.77 bits per heavy atom. The number of hydrogen-bond donors (Lipinski definition) is 0. The number of hydrogen-bond acceptors (Lipinski definition) is 6. The Bertz CT molecular complexity index is 823. The van der Waals surface area contributed by atoms with Gasteiger partial charge >= 0.3 is 0 Å². The molecule has 7 heteroatoms. The van der Waals surface area contributed by atoms with E-state index < -0.39 is 0 Å². The summed E-state index contributed by atoms with van der Waals surface area (Å²) in [6.45, 7) is 3.17. The van der Waals surface area contributed by atoms with Gasteiger partial charge < -0.3 is 18.9 Å². The second-order valence-corrected chi connectivity index (χ2v) is 8.31. The first-order valence-electron chi connectivity index (χ1n) is 11.0. The van der Waals surface area contributed by atoms with E-state index in [1.54, 1.807) is 7.11 Å². The number of carbonyl (C=O) groups is 1. The molecule has 1 amide bonds. The lowest BCUT2D eigenvalue weighted by Gasteiger charge is -2.31. The molecule has 0 atom stereocenters. The summed E-state index contributed by atoms with van der Waals surface area (Å²) in [5.41, 5.74) is 1.13. The van der Waals surface area contributed by atoms with E-state index in [4.69, 9.17) is 14.0 Å². The maximum absolute atomic E-state index is 12.6. The molecule has 4 rings (SSSR count). The molecule has 7 nitrogen and oxygen atoms in total. The molecular formula is C23H31N3O4. The minimum Gasteiger partial charge on any atom is -0.497 e. The van der Waals surface area contributed by atoms with Gasteiger partial charge in [0.15, 0.2) is 5.82 Å². The van der Waals surface area contributed by atoms with E-state index in [9.17, 15) is 4.79 Å². The smallest absolute Gasteiger partial charge is 0.226 e. The van der Waals surface area contributed by atoms with Crippen LogP contribution in [0.2, 0.25) is 0 Å². The minimum absolute atomic E-state index is 0.232. The van der Waals surface area contributed by atoms with Crippen molar-refractivity contribution in [1.29, 1.82) is 0 Å². The predicted molar refractivity (Wildman–Crippen MR) is 111 cm³/mol. The lowest BCUT2D eigenvalue weighted by atomic mass is 9.93. The Hall–Kier alpha value is -2.41. The van der Waals surface area contributed by atoms with Crippen molar-refractivity contribution in [1.82, 2.24) is 15.0 Å². The van der Waals surface area contributed by atoms with E-state index in [0.29, 0.717) is 18.3 Å². The van der Waals surface area contributed by atoms with Gasteiger partial charge in [0.25, 0.3) is 0 Å². The lowest BCUT2D eigenvalue weighted by Crippen LogP contribution is -2.39. The van der Waals surface area contributed by atoms with Crippen LogP contribution < -0.4 is 4.74 Å². The summed E-state index contributed by atoms with van der Waals surface area (Å²) in [7, 11) is 1.66. The summed E-state index contributed by atoms with van der Waals surface area (Å²) >= 11 is 0. The highest BCUT2D eigenvalue weighted by atomic mass is 16.5. The number of likely N-dealkylation sites (tertiary alicyclic amines) is 1. The van der Waals surface area contributed by atoms with E-state index in [1.165, 1.54) is 0 Å². The van der Waals surface area contributed by atoms with Crippen molar-refractivity contribution >= 4 is 5.91 Å². The third-order valence-corrected chi connectivity index (χ3v) is 6.26. The molecule has 0 N–H and O–H groups in total. The van der Waals surface area contributed by atoms with Crippen molar-refractivity contribution in [2.75, 3.05) is 33.4 Å². The number of methoxy groups -OCH3 is 1. The van der Waals surface area contributed by atoms with Crippen LogP contribution in [0.3, 0.4) is 0 Å². The molecule has 2 aromatic rings. The molecule has 3 heterocycles. The van der Waals surface area contributed by atoms with Crippen LogP contribution in [-0.2, 0) is 22.4 Å². The molecule has 0 radical (unpaired) electrons. The molecule has 2 fully saturated rings. The number of aromatic nitrogens is 2. The highest BCUT2D eigenvalue weighted by Gasteiger charge is 2.26. The third kappa shape index (κ3) is 5.39. The first-order valence-corrected chi connectivity index (χ1v) is 11.0. The standard InChI is InChI=1S/C23H31N3O4/c1-28-20-4-2-3-17(15-20)5-6-22(27)26-11-7-18(8-12-26)16-21-24-23(25-30-21)19-9-13-29-14-10-19/h2-4,15,18-19H,5-14,16H2,1H3. The van der Waals surface area contributed by atoms with Crippen LogP contribution in [-0.4, -0.2) is 54.4 Å². The van der Waals surface area contributed by atoms with Gasteiger partial charge in [0.05, 0.1) is 7.11 Å². The van der Waals surface area contributed by atoms with Crippen LogP contribution in [0.25, 0.3) is 0 Å². The zero-order chi connectivity index (χ0) is 20.8.